The number of rotatable bonds is 8. The maximum Gasteiger partial charge on any atom is 0.0575 e. The maximum absolute atomic E-state index is 6.39. The molecule has 0 radical (unpaired) electrons. The van der Waals surface area contributed by atoms with Crippen molar-refractivity contribution in [3.8, 4) is 0 Å². The largest absolute Gasteiger partial charge is 0.384 e. The molecule has 0 heterocycles. The topological polar surface area (TPSA) is 27.7 Å². The molecule has 0 aromatic carbocycles. The van der Waals surface area contributed by atoms with Gasteiger partial charge in [-0.1, -0.05) is 38.5 Å². The number of ether oxygens (including phenoxy) is 3. The van der Waals surface area contributed by atoms with Crippen LogP contribution in [0.15, 0.2) is 0 Å². The van der Waals surface area contributed by atoms with Crippen LogP contribution in [-0.4, -0.2) is 40.1 Å². The Bertz CT molecular complexity index is 260. The molecule has 0 aliphatic heterocycles. The summed E-state index contributed by atoms with van der Waals surface area (Å²) >= 11 is 0. The molecule has 0 amide bonds. The van der Waals surface area contributed by atoms with E-state index in [9.17, 15) is 0 Å². The van der Waals surface area contributed by atoms with E-state index in [1.165, 1.54) is 64.2 Å². The molecule has 3 heteroatoms. The standard InChI is InChI=1S/C18H34O3/c1-19-13-18(14-20-2,16-9-7-8-10-16)15-21-17-11-5-3-4-6-12-17/h16-17H,3-15H2,1-2H3. The Morgan fingerprint density at radius 2 is 1.24 bits per heavy atom. The van der Waals surface area contributed by atoms with Crippen LogP contribution in [0, 0.1) is 11.3 Å². The second-order valence-electron chi connectivity index (χ2n) is 7.13. The average molecular weight is 298 g/mol. The first-order chi connectivity index (χ1) is 10.3. The lowest BCUT2D eigenvalue weighted by molar-refractivity contribution is -0.102. The van der Waals surface area contributed by atoms with E-state index >= 15 is 0 Å². The van der Waals surface area contributed by atoms with Gasteiger partial charge in [0.05, 0.1) is 25.9 Å². The lowest BCUT2D eigenvalue weighted by Crippen LogP contribution is -2.43. The molecule has 0 aromatic heterocycles. The Kier molecular flexibility index (Phi) is 7.48. The zero-order chi connectivity index (χ0) is 15.0. The van der Waals surface area contributed by atoms with E-state index in [1.54, 1.807) is 0 Å². The Morgan fingerprint density at radius 3 is 1.76 bits per heavy atom. The number of hydrogen-bond acceptors (Lipinski definition) is 3. The highest BCUT2D eigenvalue weighted by Gasteiger charge is 2.41. The van der Waals surface area contributed by atoms with Gasteiger partial charge in [-0.25, -0.2) is 0 Å². The molecule has 2 aliphatic rings. The maximum atomic E-state index is 6.39. The normalized spacial score (nSPS) is 22.6. The van der Waals surface area contributed by atoms with Crippen LogP contribution in [0.1, 0.15) is 64.2 Å². The Balaban J connectivity index is 1.95. The average Bonchev–Trinajstić information content (AvgIpc) is 2.90. The highest BCUT2D eigenvalue weighted by molar-refractivity contribution is 4.90. The van der Waals surface area contributed by atoms with Crippen molar-refractivity contribution in [2.24, 2.45) is 11.3 Å². The molecule has 0 spiro atoms. The van der Waals surface area contributed by atoms with E-state index in [4.69, 9.17) is 14.2 Å². The van der Waals surface area contributed by atoms with Gasteiger partial charge in [-0.2, -0.15) is 0 Å². The Morgan fingerprint density at radius 1 is 0.714 bits per heavy atom. The smallest absolute Gasteiger partial charge is 0.0575 e. The highest BCUT2D eigenvalue weighted by Crippen LogP contribution is 2.41. The van der Waals surface area contributed by atoms with Crippen molar-refractivity contribution >= 4 is 0 Å². The first-order valence-electron chi connectivity index (χ1n) is 8.90. The van der Waals surface area contributed by atoms with Crippen molar-refractivity contribution < 1.29 is 14.2 Å². The fourth-order valence-electron chi connectivity index (χ4n) is 4.28. The van der Waals surface area contributed by atoms with Gasteiger partial charge >= 0.3 is 0 Å². The van der Waals surface area contributed by atoms with Crippen LogP contribution in [0.25, 0.3) is 0 Å². The van der Waals surface area contributed by atoms with E-state index < -0.39 is 0 Å². The van der Waals surface area contributed by atoms with Crippen molar-refractivity contribution in [1.29, 1.82) is 0 Å². The molecule has 124 valence electrons. The lowest BCUT2D eigenvalue weighted by Gasteiger charge is -2.39. The SMILES string of the molecule is COCC(COC)(COC1CCCCCC1)C1CCCC1. The third kappa shape index (κ3) is 4.94. The summed E-state index contributed by atoms with van der Waals surface area (Å²) in [6.07, 6.45) is 13.7. The fraction of sp³-hybridized carbons (Fsp3) is 1.00. The molecule has 0 bridgehead atoms. The monoisotopic (exact) mass is 298 g/mol. The molecule has 0 saturated heterocycles. The van der Waals surface area contributed by atoms with Gasteiger partial charge in [-0.15, -0.1) is 0 Å². The predicted octanol–water partition coefficient (Wildman–Crippen LogP) is 4.20. The molecule has 0 N–H and O–H groups in total. The predicted molar refractivity (Wildman–Crippen MR) is 85.6 cm³/mol. The van der Waals surface area contributed by atoms with Crippen molar-refractivity contribution in [1.82, 2.24) is 0 Å². The minimum absolute atomic E-state index is 0.0618. The Labute approximate surface area is 130 Å². The third-order valence-electron chi connectivity index (χ3n) is 5.49. The van der Waals surface area contributed by atoms with Gasteiger partial charge < -0.3 is 14.2 Å². The van der Waals surface area contributed by atoms with Crippen molar-refractivity contribution in [2.75, 3.05) is 34.0 Å². The van der Waals surface area contributed by atoms with Crippen LogP contribution in [0.3, 0.4) is 0 Å². The molecule has 0 unspecified atom stereocenters. The highest BCUT2D eigenvalue weighted by atomic mass is 16.5. The molecule has 2 aliphatic carbocycles. The van der Waals surface area contributed by atoms with Crippen LogP contribution in [0.5, 0.6) is 0 Å². The van der Waals surface area contributed by atoms with Gasteiger partial charge in [-0.3, -0.25) is 0 Å². The van der Waals surface area contributed by atoms with Gasteiger partial charge in [0.2, 0.25) is 0 Å². The molecule has 3 nitrogen and oxygen atoms in total. The second kappa shape index (κ2) is 9.12. The summed E-state index contributed by atoms with van der Waals surface area (Å²) in [6, 6.07) is 0. The first-order valence-corrected chi connectivity index (χ1v) is 8.90. The summed E-state index contributed by atoms with van der Waals surface area (Å²) in [5.74, 6) is 0.697. The van der Waals surface area contributed by atoms with Crippen LogP contribution in [0.2, 0.25) is 0 Å². The van der Waals surface area contributed by atoms with Crippen molar-refractivity contribution in [3.05, 3.63) is 0 Å². The molecule has 0 aromatic rings. The van der Waals surface area contributed by atoms with Gasteiger partial charge in [0, 0.05) is 19.6 Å². The molecule has 2 saturated carbocycles. The summed E-state index contributed by atoms with van der Waals surface area (Å²) in [5, 5.41) is 0. The van der Waals surface area contributed by atoms with Gasteiger partial charge in [0.15, 0.2) is 0 Å². The van der Waals surface area contributed by atoms with Crippen molar-refractivity contribution in [3.63, 3.8) is 0 Å². The summed E-state index contributed by atoms with van der Waals surface area (Å²) in [6.45, 7) is 2.33. The summed E-state index contributed by atoms with van der Waals surface area (Å²) in [7, 11) is 3.62. The van der Waals surface area contributed by atoms with E-state index in [0.717, 1.165) is 19.8 Å². The summed E-state index contributed by atoms with van der Waals surface area (Å²) in [4.78, 5) is 0. The molecular weight excluding hydrogens is 264 g/mol. The number of methoxy groups -OCH3 is 2. The Hall–Kier alpha value is -0.120. The molecule has 2 rings (SSSR count). The second-order valence-corrected chi connectivity index (χ2v) is 7.13. The lowest BCUT2D eigenvalue weighted by atomic mass is 9.76. The van der Waals surface area contributed by atoms with E-state index in [0.29, 0.717) is 12.0 Å². The van der Waals surface area contributed by atoms with Crippen molar-refractivity contribution in [2.45, 2.75) is 70.3 Å². The first kappa shape index (κ1) is 17.2. The molecule has 2 fully saturated rings. The zero-order valence-electron chi connectivity index (χ0n) is 14.1. The fourth-order valence-corrected chi connectivity index (χ4v) is 4.28. The summed E-state index contributed by atoms with van der Waals surface area (Å²) in [5.41, 5.74) is 0.0618. The van der Waals surface area contributed by atoms with Gasteiger partial charge in [0.1, 0.15) is 0 Å². The van der Waals surface area contributed by atoms with Gasteiger partial charge in [0.25, 0.3) is 0 Å². The summed E-state index contributed by atoms with van der Waals surface area (Å²) < 4.78 is 17.5. The van der Waals surface area contributed by atoms with E-state index in [2.05, 4.69) is 0 Å². The van der Waals surface area contributed by atoms with Crippen LogP contribution in [-0.2, 0) is 14.2 Å². The minimum atomic E-state index is 0.0618. The number of hydrogen-bond donors (Lipinski definition) is 0. The zero-order valence-corrected chi connectivity index (χ0v) is 14.1. The molecule has 0 atom stereocenters. The molecule has 21 heavy (non-hydrogen) atoms. The minimum Gasteiger partial charge on any atom is -0.384 e. The molecular formula is C18H34O3. The van der Waals surface area contributed by atoms with Crippen LogP contribution >= 0.6 is 0 Å². The van der Waals surface area contributed by atoms with Crippen LogP contribution < -0.4 is 0 Å². The third-order valence-corrected chi connectivity index (χ3v) is 5.49. The quantitative estimate of drug-likeness (QED) is 0.629. The van der Waals surface area contributed by atoms with E-state index in [1.807, 2.05) is 14.2 Å². The van der Waals surface area contributed by atoms with Gasteiger partial charge in [-0.05, 0) is 31.6 Å². The van der Waals surface area contributed by atoms with Crippen LogP contribution in [0.4, 0.5) is 0 Å². The van der Waals surface area contributed by atoms with E-state index in [-0.39, 0.29) is 5.41 Å².